The van der Waals surface area contributed by atoms with Crippen molar-refractivity contribution < 1.29 is 4.74 Å². The fourth-order valence-electron chi connectivity index (χ4n) is 3.44. The zero-order valence-electron chi connectivity index (χ0n) is 18.0. The van der Waals surface area contributed by atoms with Gasteiger partial charge in [-0.15, -0.1) is 0 Å². The van der Waals surface area contributed by atoms with Crippen molar-refractivity contribution in [2.75, 3.05) is 5.73 Å². The number of aromatic nitrogens is 3. The Labute approximate surface area is 198 Å². The first-order valence-electron chi connectivity index (χ1n) is 10.3. The van der Waals surface area contributed by atoms with Crippen molar-refractivity contribution in [2.24, 2.45) is 0 Å². The summed E-state index contributed by atoms with van der Waals surface area (Å²) in [6, 6.07) is 22.7. The Morgan fingerprint density at radius 3 is 2.36 bits per heavy atom. The van der Waals surface area contributed by atoms with Gasteiger partial charge in [-0.05, 0) is 74.1 Å². The summed E-state index contributed by atoms with van der Waals surface area (Å²) in [5.41, 5.74) is 8.95. The Morgan fingerprint density at radius 1 is 0.939 bits per heavy atom. The van der Waals surface area contributed by atoms with E-state index in [4.69, 9.17) is 15.5 Å². The first-order chi connectivity index (χ1) is 16.0. The Hall–Kier alpha value is -3.62. The molecule has 0 unspecified atom stereocenters. The van der Waals surface area contributed by atoms with Gasteiger partial charge in [-0.3, -0.25) is 9.36 Å². The second kappa shape index (κ2) is 8.73. The van der Waals surface area contributed by atoms with E-state index in [9.17, 15) is 4.79 Å². The third kappa shape index (κ3) is 4.35. The van der Waals surface area contributed by atoms with E-state index in [0.29, 0.717) is 32.6 Å². The molecule has 33 heavy (non-hydrogen) atoms. The molecule has 6 nitrogen and oxygen atoms in total. The molecule has 0 aliphatic heterocycles. The molecule has 0 aliphatic carbocycles. The monoisotopic (exact) mass is 472 g/mol. The molecule has 0 aliphatic rings. The van der Waals surface area contributed by atoms with Crippen LogP contribution in [0, 0.1) is 13.8 Å². The molecule has 5 rings (SSSR count). The van der Waals surface area contributed by atoms with E-state index in [0.717, 1.165) is 21.2 Å². The summed E-state index contributed by atoms with van der Waals surface area (Å²) < 4.78 is 8.44. The predicted octanol–water partition coefficient (Wildman–Crippen LogP) is 5.98. The SMILES string of the molecule is Cc1ccc2nc(Sc3sc(N)nc3C)n(-c3ccc(Oc4ccccc4)cc3)c(=O)c2c1. The molecule has 2 heterocycles. The van der Waals surface area contributed by atoms with E-state index in [2.05, 4.69) is 4.98 Å². The van der Waals surface area contributed by atoms with E-state index in [-0.39, 0.29) is 5.56 Å². The minimum atomic E-state index is -0.127. The standard InChI is InChI=1S/C25H20N4O2S2/c1-15-8-13-21-20(14-15)22(30)29(25(28-21)33-23-16(2)27-24(26)32-23)17-9-11-19(12-10-17)31-18-6-4-3-5-7-18/h3-14H,1-2H3,(H2,26,27). The molecule has 5 aromatic rings. The Kier molecular flexibility index (Phi) is 5.62. The summed E-state index contributed by atoms with van der Waals surface area (Å²) in [5.74, 6) is 1.43. The molecule has 8 heteroatoms. The maximum Gasteiger partial charge on any atom is 0.266 e. The van der Waals surface area contributed by atoms with Crippen molar-refractivity contribution in [3.63, 3.8) is 0 Å². The van der Waals surface area contributed by atoms with Gasteiger partial charge < -0.3 is 10.5 Å². The molecule has 2 aromatic heterocycles. The molecular formula is C25H20N4O2S2. The summed E-state index contributed by atoms with van der Waals surface area (Å²) in [7, 11) is 0. The van der Waals surface area contributed by atoms with E-state index in [1.165, 1.54) is 23.1 Å². The molecule has 0 saturated carbocycles. The lowest BCUT2D eigenvalue weighted by Gasteiger charge is -2.14. The largest absolute Gasteiger partial charge is 0.457 e. The first kappa shape index (κ1) is 21.2. The second-order valence-electron chi connectivity index (χ2n) is 7.49. The lowest BCUT2D eigenvalue weighted by Crippen LogP contribution is -2.21. The summed E-state index contributed by atoms with van der Waals surface area (Å²) >= 11 is 2.78. The lowest BCUT2D eigenvalue weighted by molar-refractivity contribution is 0.482. The molecule has 0 spiro atoms. The number of nitrogens with two attached hydrogens (primary N) is 1. The molecule has 2 N–H and O–H groups in total. The Bertz CT molecular complexity index is 1510. The average Bonchev–Trinajstić information content (AvgIpc) is 3.12. The van der Waals surface area contributed by atoms with Gasteiger partial charge in [0, 0.05) is 0 Å². The average molecular weight is 473 g/mol. The summed E-state index contributed by atoms with van der Waals surface area (Å²) in [5, 5.41) is 1.62. The van der Waals surface area contributed by atoms with Crippen LogP contribution in [0.1, 0.15) is 11.3 Å². The number of aryl methyl sites for hydroxylation is 2. The molecule has 0 atom stereocenters. The van der Waals surface area contributed by atoms with Crippen molar-refractivity contribution in [3.8, 4) is 17.2 Å². The zero-order valence-corrected chi connectivity index (χ0v) is 19.6. The number of ether oxygens (including phenoxy) is 1. The summed E-state index contributed by atoms with van der Waals surface area (Å²) in [4.78, 5) is 22.7. The highest BCUT2D eigenvalue weighted by atomic mass is 32.2. The fraction of sp³-hybridized carbons (Fsp3) is 0.0800. The molecule has 0 amide bonds. The smallest absolute Gasteiger partial charge is 0.266 e. The van der Waals surface area contributed by atoms with Crippen LogP contribution >= 0.6 is 23.1 Å². The lowest BCUT2D eigenvalue weighted by atomic mass is 10.1. The number of thiazole rings is 1. The van der Waals surface area contributed by atoms with Crippen LogP contribution in [0.25, 0.3) is 16.6 Å². The maximum atomic E-state index is 13.6. The Morgan fingerprint density at radius 2 is 1.67 bits per heavy atom. The van der Waals surface area contributed by atoms with Gasteiger partial charge in [0.15, 0.2) is 10.3 Å². The second-order valence-corrected chi connectivity index (χ2v) is 9.76. The van der Waals surface area contributed by atoms with Crippen molar-refractivity contribution in [1.82, 2.24) is 14.5 Å². The van der Waals surface area contributed by atoms with Crippen molar-refractivity contribution >= 4 is 39.1 Å². The van der Waals surface area contributed by atoms with Gasteiger partial charge in [0.2, 0.25) is 0 Å². The summed E-state index contributed by atoms with van der Waals surface area (Å²) in [6.45, 7) is 3.86. The molecule has 0 bridgehead atoms. The van der Waals surface area contributed by atoms with Crippen LogP contribution < -0.4 is 16.0 Å². The fourth-order valence-corrected chi connectivity index (χ4v) is 5.44. The third-order valence-corrected chi connectivity index (χ3v) is 7.24. The quantitative estimate of drug-likeness (QED) is 0.317. The number of nitrogens with zero attached hydrogens (tertiary/aromatic N) is 3. The molecule has 0 saturated heterocycles. The Balaban J connectivity index is 1.61. The van der Waals surface area contributed by atoms with Gasteiger partial charge in [-0.25, -0.2) is 9.97 Å². The number of para-hydroxylation sites is 1. The van der Waals surface area contributed by atoms with Crippen LogP contribution in [0.2, 0.25) is 0 Å². The highest BCUT2D eigenvalue weighted by Gasteiger charge is 2.17. The number of hydrogen-bond donors (Lipinski definition) is 1. The van der Waals surface area contributed by atoms with Crippen LogP contribution in [-0.4, -0.2) is 14.5 Å². The number of hydrogen-bond acceptors (Lipinski definition) is 7. The molecular weight excluding hydrogens is 452 g/mol. The normalized spacial score (nSPS) is 11.1. The van der Waals surface area contributed by atoms with E-state index >= 15 is 0 Å². The van der Waals surface area contributed by atoms with Crippen molar-refractivity contribution in [3.05, 3.63) is 94.4 Å². The number of nitrogen functional groups attached to an aromatic ring is 1. The van der Waals surface area contributed by atoms with E-state index < -0.39 is 0 Å². The predicted molar refractivity (Wildman–Crippen MR) is 134 cm³/mol. The minimum Gasteiger partial charge on any atom is -0.457 e. The van der Waals surface area contributed by atoms with E-state index in [1.54, 1.807) is 4.57 Å². The first-order valence-corrected chi connectivity index (χ1v) is 11.9. The number of fused-ring (bicyclic) bond motifs is 1. The van der Waals surface area contributed by atoms with Crippen LogP contribution in [0.15, 0.2) is 87.0 Å². The van der Waals surface area contributed by atoms with Crippen LogP contribution in [0.3, 0.4) is 0 Å². The number of anilines is 1. The zero-order chi connectivity index (χ0) is 22.9. The maximum absolute atomic E-state index is 13.6. The highest BCUT2D eigenvalue weighted by Crippen LogP contribution is 2.36. The van der Waals surface area contributed by atoms with Gasteiger partial charge >= 0.3 is 0 Å². The van der Waals surface area contributed by atoms with Crippen molar-refractivity contribution in [2.45, 2.75) is 23.2 Å². The van der Waals surface area contributed by atoms with Crippen LogP contribution in [-0.2, 0) is 0 Å². The molecule has 3 aromatic carbocycles. The molecule has 0 fully saturated rings. The minimum absolute atomic E-state index is 0.127. The molecule has 164 valence electrons. The highest BCUT2D eigenvalue weighted by molar-refractivity contribution is 8.01. The third-order valence-electron chi connectivity index (χ3n) is 5.02. The van der Waals surface area contributed by atoms with E-state index in [1.807, 2.05) is 86.6 Å². The van der Waals surface area contributed by atoms with Gasteiger partial charge in [0.25, 0.3) is 5.56 Å². The van der Waals surface area contributed by atoms with Crippen LogP contribution in [0.4, 0.5) is 5.13 Å². The van der Waals surface area contributed by atoms with Gasteiger partial charge in [-0.2, -0.15) is 0 Å². The van der Waals surface area contributed by atoms with Crippen molar-refractivity contribution in [1.29, 1.82) is 0 Å². The van der Waals surface area contributed by atoms with Gasteiger partial charge in [0.05, 0.1) is 26.5 Å². The van der Waals surface area contributed by atoms with Gasteiger partial charge in [0.1, 0.15) is 11.5 Å². The van der Waals surface area contributed by atoms with Gasteiger partial charge in [-0.1, -0.05) is 41.2 Å². The van der Waals surface area contributed by atoms with Crippen LogP contribution in [0.5, 0.6) is 11.5 Å². The molecule has 0 radical (unpaired) electrons. The summed E-state index contributed by atoms with van der Waals surface area (Å²) in [6.07, 6.45) is 0. The number of rotatable bonds is 5. The number of benzene rings is 3. The topological polar surface area (TPSA) is 83.0 Å².